The summed E-state index contributed by atoms with van der Waals surface area (Å²) in [5.74, 6) is -0.390. The largest absolute Gasteiger partial charge is 0.496 e. The lowest BCUT2D eigenvalue weighted by molar-refractivity contribution is 0.411. The molecule has 0 bridgehead atoms. The van der Waals surface area contributed by atoms with Crippen LogP contribution in [0.3, 0.4) is 0 Å². The molecule has 0 fully saturated rings. The zero-order valence-corrected chi connectivity index (χ0v) is 11.1. The van der Waals surface area contributed by atoms with Crippen molar-refractivity contribution in [3.8, 4) is 5.75 Å². The van der Waals surface area contributed by atoms with Gasteiger partial charge in [0, 0.05) is 21.9 Å². The van der Waals surface area contributed by atoms with Gasteiger partial charge in [-0.15, -0.1) is 11.8 Å². The van der Waals surface area contributed by atoms with Crippen molar-refractivity contribution < 1.29 is 13.5 Å². The number of ether oxygens (including phenoxy) is 1. The van der Waals surface area contributed by atoms with Crippen LogP contribution in [-0.2, 0) is 5.75 Å². The van der Waals surface area contributed by atoms with Gasteiger partial charge in [0.25, 0.3) is 0 Å². The Hall–Kier alpha value is -1.75. The molecule has 0 unspecified atom stereocenters. The fourth-order valence-electron chi connectivity index (χ4n) is 1.64. The molecule has 2 aromatic rings. The van der Waals surface area contributed by atoms with E-state index in [0.29, 0.717) is 16.3 Å². The van der Waals surface area contributed by atoms with E-state index in [1.54, 1.807) is 25.3 Å². The normalized spacial score (nSPS) is 10.5. The number of nitrogen functional groups attached to an aromatic ring is 1. The lowest BCUT2D eigenvalue weighted by Gasteiger charge is -2.09. The number of halogens is 2. The van der Waals surface area contributed by atoms with Crippen molar-refractivity contribution in [3.63, 3.8) is 0 Å². The number of thioether (sulfide) groups is 1. The highest BCUT2D eigenvalue weighted by Gasteiger charge is 2.07. The highest BCUT2D eigenvalue weighted by atomic mass is 32.2. The van der Waals surface area contributed by atoms with Gasteiger partial charge in [0.1, 0.15) is 5.75 Å². The van der Waals surface area contributed by atoms with Crippen molar-refractivity contribution in [3.05, 3.63) is 53.6 Å². The van der Waals surface area contributed by atoms with Gasteiger partial charge in [-0.2, -0.15) is 0 Å². The Morgan fingerprint density at radius 3 is 2.58 bits per heavy atom. The number of methoxy groups -OCH3 is 1. The number of rotatable bonds is 4. The molecule has 0 aromatic heterocycles. The summed E-state index contributed by atoms with van der Waals surface area (Å²) < 4.78 is 31.1. The van der Waals surface area contributed by atoms with E-state index in [-0.39, 0.29) is 0 Å². The SMILES string of the molecule is COc1ccc(N)cc1CSc1ccc(F)c(F)c1. The van der Waals surface area contributed by atoms with Crippen molar-refractivity contribution in [2.24, 2.45) is 0 Å². The van der Waals surface area contributed by atoms with Crippen LogP contribution in [0, 0.1) is 11.6 Å². The zero-order valence-electron chi connectivity index (χ0n) is 10.3. The van der Waals surface area contributed by atoms with Crippen LogP contribution in [0.4, 0.5) is 14.5 Å². The van der Waals surface area contributed by atoms with E-state index < -0.39 is 11.6 Å². The van der Waals surface area contributed by atoms with E-state index in [2.05, 4.69) is 0 Å². The second-order valence-electron chi connectivity index (χ2n) is 3.94. The number of benzene rings is 2. The van der Waals surface area contributed by atoms with Gasteiger partial charge in [-0.3, -0.25) is 0 Å². The minimum Gasteiger partial charge on any atom is -0.496 e. The molecule has 0 aliphatic carbocycles. The fourth-order valence-corrected chi connectivity index (χ4v) is 2.54. The second kappa shape index (κ2) is 5.93. The molecular weight excluding hydrogens is 268 g/mol. The molecule has 2 aromatic carbocycles. The van der Waals surface area contributed by atoms with Crippen LogP contribution in [0.25, 0.3) is 0 Å². The third-order valence-corrected chi connectivity index (χ3v) is 3.63. The standard InChI is InChI=1S/C14H13F2NOS/c1-18-14-5-2-10(17)6-9(14)8-19-11-3-4-12(15)13(16)7-11/h2-7H,8,17H2,1H3. The molecule has 0 saturated carbocycles. The molecule has 0 spiro atoms. The van der Waals surface area contributed by atoms with Gasteiger partial charge in [-0.1, -0.05) is 0 Å². The first kappa shape index (κ1) is 13.7. The summed E-state index contributed by atoms with van der Waals surface area (Å²) in [6, 6.07) is 9.20. The highest BCUT2D eigenvalue weighted by molar-refractivity contribution is 7.98. The Kier molecular flexibility index (Phi) is 4.27. The highest BCUT2D eigenvalue weighted by Crippen LogP contribution is 2.30. The first-order chi connectivity index (χ1) is 9.10. The summed E-state index contributed by atoms with van der Waals surface area (Å²) in [4.78, 5) is 0.656. The van der Waals surface area contributed by atoms with Crippen LogP contribution in [-0.4, -0.2) is 7.11 Å². The summed E-state index contributed by atoms with van der Waals surface area (Å²) in [5, 5.41) is 0. The first-order valence-corrected chi connectivity index (χ1v) is 6.59. The van der Waals surface area contributed by atoms with Crippen LogP contribution in [0.15, 0.2) is 41.3 Å². The maximum absolute atomic E-state index is 13.1. The number of hydrogen-bond donors (Lipinski definition) is 1. The van der Waals surface area contributed by atoms with E-state index in [0.717, 1.165) is 17.4 Å². The second-order valence-corrected chi connectivity index (χ2v) is 4.98. The predicted molar refractivity (Wildman–Crippen MR) is 73.3 cm³/mol. The van der Waals surface area contributed by atoms with Crippen LogP contribution >= 0.6 is 11.8 Å². The van der Waals surface area contributed by atoms with Crippen LogP contribution in [0.2, 0.25) is 0 Å². The maximum Gasteiger partial charge on any atom is 0.159 e. The van der Waals surface area contributed by atoms with Gasteiger partial charge in [0.2, 0.25) is 0 Å². The molecule has 0 radical (unpaired) electrons. The van der Waals surface area contributed by atoms with Crippen LogP contribution < -0.4 is 10.5 Å². The number of anilines is 1. The summed E-state index contributed by atoms with van der Waals surface area (Å²) in [6.07, 6.45) is 0. The van der Waals surface area contributed by atoms with Gasteiger partial charge in [-0.05, 0) is 36.4 Å². The van der Waals surface area contributed by atoms with Gasteiger partial charge >= 0.3 is 0 Å². The summed E-state index contributed by atoms with van der Waals surface area (Å²) >= 11 is 1.39. The third-order valence-electron chi connectivity index (χ3n) is 2.59. The lowest BCUT2D eigenvalue weighted by Crippen LogP contribution is -1.93. The van der Waals surface area contributed by atoms with Gasteiger partial charge in [0.15, 0.2) is 11.6 Å². The van der Waals surface area contributed by atoms with E-state index in [9.17, 15) is 8.78 Å². The summed E-state index contributed by atoms with van der Waals surface area (Å²) in [7, 11) is 1.58. The van der Waals surface area contributed by atoms with Crippen molar-refractivity contribution in [2.75, 3.05) is 12.8 Å². The Bertz CT molecular complexity index is 590. The maximum atomic E-state index is 13.1. The minimum absolute atomic E-state index is 0.569. The van der Waals surface area contributed by atoms with Crippen LogP contribution in [0.5, 0.6) is 5.75 Å². The van der Waals surface area contributed by atoms with Crippen molar-refractivity contribution in [1.29, 1.82) is 0 Å². The van der Waals surface area contributed by atoms with Gasteiger partial charge in [0.05, 0.1) is 7.11 Å². The van der Waals surface area contributed by atoms with E-state index in [1.165, 1.54) is 17.8 Å². The molecular formula is C14H13F2NOS. The van der Waals surface area contributed by atoms with Gasteiger partial charge < -0.3 is 10.5 Å². The zero-order chi connectivity index (χ0) is 13.8. The molecule has 0 aliphatic heterocycles. The quantitative estimate of drug-likeness (QED) is 0.683. The van der Waals surface area contributed by atoms with E-state index in [1.807, 2.05) is 6.07 Å². The molecule has 0 atom stereocenters. The predicted octanol–water partition coefficient (Wildman–Crippen LogP) is 3.85. The first-order valence-electron chi connectivity index (χ1n) is 5.60. The molecule has 0 aliphatic rings. The lowest BCUT2D eigenvalue weighted by atomic mass is 10.2. The average Bonchev–Trinajstić information content (AvgIpc) is 2.40. The summed E-state index contributed by atoms with van der Waals surface area (Å²) in [6.45, 7) is 0. The summed E-state index contributed by atoms with van der Waals surface area (Å²) in [5.41, 5.74) is 7.28. The molecule has 2 rings (SSSR count). The van der Waals surface area contributed by atoms with Crippen LogP contribution in [0.1, 0.15) is 5.56 Å². The minimum atomic E-state index is -0.843. The Morgan fingerprint density at radius 2 is 1.89 bits per heavy atom. The molecule has 0 amide bonds. The molecule has 0 heterocycles. The Morgan fingerprint density at radius 1 is 1.11 bits per heavy atom. The monoisotopic (exact) mass is 281 g/mol. The molecule has 0 saturated heterocycles. The average molecular weight is 281 g/mol. The molecule has 19 heavy (non-hydrogen) atoms. The molecule has 2 N–H and O–H groups in total. The Balaban J connectivity index is 2.13. The third kappa shape index (κ3) is 3.38. The van der Waals surface area contributed by atoms with Crippen molar-refractivity contribution in [1.82, 2.24) is 0 Å². The van der Waals surface area contributed by atoms with E-state index >= 15 is 0 Å². The molecule has 5 heteroatoms. The number of nitrogens with two attached hydrogens (primary N) is 1. The topological polar surface area (TPSA) is 35.2 Å². The van der Waals surface area contributed by atoms with Gasteiger partial charge in [-0.25, -0.2) is 8.78 Å². The van der Waals surface area contributed by atoms with Crippen molar-refractivity contribution >= 4 is 17.4 Å². The molecule has 100 valence electrons. The smallest absolute Gasteiger partial charge is 0.159 e. The molecule has 2 nitrogen and oxygen atoms in total. The fraction of sp³-hybridized carbons (Fsp3) is 0.143. The Labute approximate surface area is 114 Å². The van der Waals surface area contributed by atoms with E-state index in [4.69, 9.17) is 10.5 Å². The number of hydrogen-bond acceptors (Lipinski definition) is 3. The van der Waals surface area contributed by atoms with Crippen molar-refractivity contribution in [2.45, 2.75) is 10.6 Å².